The van der Waals surface area contributed by atoms with Crippen LogP contribution in [-0.4, -0.2) is 36.5 Å². The minimum absolute atomic E-state index is 0.124. The van der Waals surface area contributed by atoms with Gasteiger partial charge in [0.05, 0.1) is 13.7 Å². The van der Waals surface area contributed by atoms with Crippen molar-refractivity contribution < 1.29 is 14.3 Å². The second kappa shape index (κ2) is 8.34. The third-order valence-electron chi connectivity index (χ3n) is 4.60. The molecule has 1 amide bonds. The number of rotatable bonds is 5. The monoisotopic (exact) mass is 372 g/mol. The van der Waals surface area contributed by atoms with Gasteiger partial charge in [0.1, 0.15) is 6.04 Å². The molecule has 1 heterocycles. The number of benzene rings is 2. The van der Waals surface area contributed by atoms with Gasteiger partial charge in [-0.15, -0.1) is 0 Å². The molecule has 0 spiro atoms. The summed E-state index contributed by atoms with van der Waals surface area (Å²) in [6, 6.07) is 14.9. The van der Waals surface area contributed by atoms with Crippen LogP contribution in [0.1, 0.15) is 16.7 Å². The molecule has 0 aliphatic carbocycles. The summed E-state index contributed by atoms with van der Waals surface area (Å²) in [4.78, 5) is 26.5. The molecule has 1 aliphatic heterocycles. The Morgan fingerprint density at radius 2 is 1.85 bits per heavy atom. The van der Waals surface area contributed by atoms with E-state index >= 15 is 0 Å². The maximum absolute atomic E-state index is 12.4. The van der Waals surface area contributed by atoms with E-state index < -0.39 is 6.04 Å². The first-order chi connectivity index (χ1) is 12.6. The van der Waals surface area contributed by atoms with Gasteiger partial charge in [0.15, 0.2) is 0 Å². The quantitative estimate of drug-likeness (QED) is 0.819. The number of carbonyl (C=O) groups is 2. The summed E-state index contributed by atoms with van der Waals surface area (Å²) in [5.41, 5.74) is 3.11. The maximum Gasteiger partial charge on any atom is 0.323 e. The number of amides is 1. The molecule has 0 aromatic heterocycles. The maximum atomic E-state index is 12.4. The normalized spacial score (nSPS) is 16.6. The van der Waals surface area contributed by atoms with E-state index in [2.05, 4.69) is 5.32 Å². The highest BCUT2D eigenvalue weighted by Crippen LogP contribution is 2.23. The zero-order valence-corrected chi connectivity index (χ0v) is 15.3. The number of esters is 1. The number of carbonyl (C=O) groups excluding carboxylic acids is 2. The summed E-state index contributed by atoms with van der Waals surface area (Å²) in [7, 11) is 1.37. The molecule has 136 valence electrons. The highest BCUT2D eigenvalue weighted by Gasteiger charge is 2.33. The number of halogens is 1. The van der Waals surface area contributed by atoms with Gasteiger partial charge in [-0.1, -0.05) is 54.1 Å². The van der Waals surface area contributed by atoms with Crippen molar-refractivity contribution in [3.05, 3.63) is 70.2 Å². The molecule has 0 saturated heterocycles. The molecular formula is C20H21ClN2O3. The van der Waals surface area contributed by atoms with Gasteiger partial charge >= 0.3 is 5.97 Å². The number of methoxy groups -OCH3 is 1. The van der Waals surface area contributed by atoms with Gasteiger partial charge in [-0.3, -0.25) is 14.5 Å². The lowest BCUT2D eigenvalue weighted by molar-refractivity contribution is -0.148. The Labute approximate surface area is 157 Å². The SMILES string of the molecule is COC(=O)[C@@H]1Cc2ccccc2CN1CC(=O)NCc1ccccc1Cl. The Morgan fingerprint density at radius 3 is 2.58 bits per heavy atom. The molecule has 2 aromatic carbocycles. The van der Waals surface area contributed by atoms with Gasteiger partial charge in [-0.05, 0) is 29.2 Å². The largest absolute Gasteiger partial charge is 0.468 e. The van der Waals surface area contributed by atoms with Crippen LogP contribution < -0.4 is 5.32 Å². The molecular weight excluding hydrogens is 352 g/mol. The first-order valence-electron chi connectivity index (χ1n) is 8.47. The van der Waals surface area contributed by atoms with Gasteiger partial charge in [0, 0.05) is 18.1 Å². The van der Waals surface area contributed by atoms with Gasteiger partial charge in [-0.2, -0.15) is 0 Å². The lowest BCUT2D eigenvalue weighted by Gasteiger charge is -2.34. The number of hydrogen-bond acceptors (Lipinski definition) is 4. The summed E-state index contributed by atoms with van der Waals surface area (Å²) in [5, 5.41) is 3.49. The molecule has 1 aliphatic rings. The van der Waals surface area contributed by atoms with E-state index in [0.717, 1.165) is 16.7 Å². The van der Waals surface area contributed by atoms with Crippen molar-refractivity contribution >= 4 is 23.5 Å². The second-order valence-corrected chi connectivity index (χ2v) is 6.69. The Morgan fingerprint density at radius 1 is 1.15 bits per heavy atom. The molecule has 1 N–H and O–H groups in total. The number of ether oxygens (including phenoxy) is 1. The molecule has 3 rings (SSSR count). The molecule has 1 atom stereocenters. The lowest BCUT2D eigenvalue weighted by atomic mass is 9.94. The van der Waals surface area contributed by atoms with Crippen LogP contribution in [0.4, 0.5) is 0 Å². The van der Waals surface area contributed by atoms with Crippen LogP contribution in [-0.2, 0) is 33.8 Å². The average Bonchev–Trinajstić information content (AvgIpc) is 2.66. The smallest absolute Gasteiger partial charge is 0.323 e. The van der Waals surface area contributed by atoms with Crippen LogP contribution in [0.5, 0.6) is 0 Å². The highest BCUT2D eigenvalue weighted by molar-refractivity contribution is 6.31. The van der Waals surface area contributed by atoms with Crippen molar-refractivity contribution in [2.24, 2.45) is 0 Å². The third-order valence-corrected chi connectivity index (χ3v) is 4.97. The molecule has 0 fully saturated rings. The standard InChI is InChI=1S/C20H21ClN2O3/c1-26-20(25)18-10-14-6-2-3-8-16(14)12-23(18)13-19(24)22-11-15-7-4-5-9-17(15)21/h2-9,18H,10-13H2,1H3,(H,22,24)/t18-/m0/s1. The molecule has 0 unspecified atom stereocenters. The van der Waals surface area contributed by atoms with Gasteiger partial charge in [-0.25, -0.2) is 0 Å². The first-order valence-corrected chi connectivity index (χ1v) is 8.85. The van der Waals surface area contributed by atoms with Crippen LogP contribution in [0.2, 0.25) is 5.02 Å². The van der Waals surface area contributed by atoms with Crippen LogP contribution in [0, 0.1) is 0 Å². The van der Waals surface area contributed by atoms with E-state index in [-0.39, 0.29) is 18.4 Å². The Kier molecular flexibility index (Phi) is 5.91. The van der Waals surface area contributed by atoms with Crippen LogP contribution in [0.25, 0.3) is 0 Å². The van der Waals surface area contributed by atoms with E-state index in [9.17, 15) is 9.59 Å². The molecule has 5 nitrogen and oxygen atoms in total. The highest BCUT2D eigenvalue weighted by atomic mass is 35.5. The van der Waals surface area contributed by atoms with Crippen molar-refractivity contribution in [1.82, 2.24) is 10.2 Å². The zero-order valence-electron chi connectivity index (χ0n) is 14.6. The van der Waals surface area contributed by atoms with Crippen molar-refractivity contribution in [3.63, 3.8) is 0 Å². The minimum Gasteiger partial charge on any atom is -0.468 e. The van der Waals surface area contributed by atoms with Crippen molar-refractivity contribution in [3.8, 4) is 0 Å². The third kappa shape index (κ3) is 4.23. The van der Waals surface area contributed by atoms with Gasteiger partial charge in [0.2, 0.25) is 5.91 Å². The lowest BCUT2D eigenvalue weighted by Crippen LogP contribution is -2.49. The van der Waals surface area contributed by atoms with E-state index in [1.807, 2.05) is 47.4 Å². The number of hydrogen-bond donors (Lipinski definition) is 1. The first kappa shape index (κ1) is 18.4. The number of nitrogens with one attached hydrogen (secondary N) is 1. The fraction of sp³-hybridized carbons (Fsp3) is 0.300. The van der Waals surface area contributed by atoms with E-state index in [1.54, 1.807) is 6.07 Å². The number of fused-ring (bicyclic) bond motifs is 1. The van der Waals surface area contributed by atoms with E-state index in [0.29, 0.717) is 24.5 Å². The molecule has 6 heteroatoms. The minimum atomic E-state index is -0.457. The van der Waals surface area contributed by atoms with E-state index in [1.165, 1.54) is 7.11 Å². The molecule has 2 aromatic rings. The molecule has 0 bridgehead atoms. The zero-order chi connectivity index (χ0) is 18.5. The topological polar surface area (TPSA) is 58.6 Å². The average molecular weight is 373 g/mol. The Balaban J connectivity index is 1.67. The predicted molar refractivity (Wildman–Crippen MR) is 99.7 cm³/mol. The summed E-state index contributed by atoms with van der Waals surface area (Å²) in [6.45, 7) is 1.01. The van der Waals surface area contributed by atoms with Crippen molar-refractivity contribution in [1.29, 1.82) is 0 Å². The second-order valence-electron chi connectivity index (χ2n) is 6.28. The number of nitrogens with zero attached hydrogens (tertiary/aromatic N) is 1. The van der Waals surface area contributed by atoms with Crippen molar-refractivity contribution in [2.75, 3.05) is 13.7 Å². The van der Waals surface area contributed by atoms with Crippen LogP contribution >= 0.6 is 11.6 Å². The van der Waals surface area contributed by atoms with Gasteiger partial charge in [0.25, 0.3) is 0 Å². The summed E-state index contributed by atoms with van der Waals surface area (Å²) in [6.07, 6.45) is 0.542. The fourth-order valence-corrected chi connectivity index (χ4v) is 3.39. The summed E-state index contributed by atoms with van der Waals surface area (Å²) in [5.74, 6) is -0.475. The van der Waals surface area contributed by atoms with Crippen LogP contribution in [0.15, 0.2) is 48.5 Å². The van der Waals surface area contributed by atoms with E-state index in [4.69, 9.17) is 16.3 Å². The Bertz CT molecular complexity index is 809. The van der Waals surface area contributed by atoms with Crippen LogP contribution in [0.3, 0.4) is 0 Å². The molecule has 26 heavy (non-hydrogen) atoms. The Hall–Kier alpha value is -2.37. The fourth-order valence-electron chi connectivity index (χ4n) is 3.19. The summed E-state index contributed by atoms with van der Waals surface area (Å²) < 4.78 is 4.93. The van der Waals surface area contributed by atoms with Crippen molar-refractivity contribution in [2.45, 2.75) is 25.6 Å². The predicted octanol–water partition coefficient (Wildman–Crippen LogP) is 2.56. The summed E-state index contributed by atoms with van der Waals surface area (Å²) >= 11 is 6.12. The molecule has 0 saturated carbocycles. The molecule has 0 radical (unpaired) electrons. The van der Waals surface area contributed by atoms with Gasteiger partial charge < -0.3 is 10.1 Å².